The molecule has 2 atom stereocenters. The third kappa shape index (κ3) is 3.91. The van der Waals surface area contributed by atoms with Crippen molar-refractivity contribution in [1.82, 2.24) is 10.2 Å². The van der Waals surface area contributed by atoms with Crippen LogP contribution in [0.15, 0.2) is 18.2 Å². The van der Waals surface area contributed by atoms with Crippen LogP contribution in [-0.2, 0) is 19.1 Å². The molecule has 7 nitrogen and oxygen atoms in total. The highest BCUT2D eigenvalue weighted by molar-refractivity contribution is 5.81. The van der Waals surface area contributed by atoms with Gasteiger partial charge in [-0.15, -0.1) is 0 Å². The van der Waals surface area contributed by atoms with Gasteiger partial charge in [-0.3, -0.25) is 9.59 Å². The molecular weight excluding hydrogens is 403 g/mol. The standard InChI is InChI=1S/C23H29FN2O5/c24-17-3-1-4-18-22(17)15-5-7-16(8-6-15)30-11-19-23(14-29-12-20(27)25-23)9-2-10-26(19)21(28)13-31-18/h1,3-4,15-16,19H,2,5-14H2,(H,25,27)/t15-,16+,19-,23+/m1/s1. The zero-order valence-corrected chi connectivity index (χ0v) is 17.6. The molecule has 0 unspecified atom stereocenters. The number of benzene rings is 1. The smallest absolute Gasteiger partial charge is 0.260 e. The molecule has 0 aromatic heterocycles. The quantitative estimate of drug-likeness (QED) is 0.680. The van der Waals surface area contributed by atoms with Crippen LogP contribution >= 0.6 is 0 Å². The monoisotopic (exact) mass is 432 g/mol. The van der Waals surface area contributed by atoms with Gasteiger partial charge in [-0.05, 0) is 56.6 Å². The molecule has 6 rings (SSSR count). The topological polar surface area (TPSA) is 77.1 Å². The lowest BCUT2D eigenvalue weighted by Gasteiger charge is -2.51. The first-order valence-electron chi connectivity index (χ1n) is 11.3. The molecule has 1 N–H and O–H groups in total. The largest absolute Gasteiger partial charge is 0.483 e. The number of carbonyl (C=O) groups is 2. The van der Waals surface area contributed by atoms with Gasteiger partial charge in [0.1, 0.15) is 18.2 Å². The molecule has 168 valence electrons. The first kappa shape index (κ1) is 20.7. The first-order chi connectivity index (χ1) is 15.1. The molecule has 2 saturated heterocycles. The molecule has 1 spiro atoms. The number of hydrogen-bond acceptors (Lipinski definition) is 5. The molecule has 1 saturated carbocycles. The van der Waals surface area contributed by atoms with Crippen LogP contribution in [0, 0.1) is 5.82 Å². The minimum absolute atomic E-state index is 0.0404. The molecule has 1 aromatic carbocycles. The molecule has 5 aliphatic rings. The summed E-state index contributed by atoms with van der Waals surface area (Å²) >= 11 is 0. The van der Waals surface area contributed by atoms with Crippen molar-refractivity contribution in [3.05, 3.63) is 29.6 Å². The fourth-order valence-corrected chi connectivity index (χ4v) is 5.73. The highest BCUT2D eigenvalue weighted by Crippen LogP contribution is 2.41. The summed E-state index contributed by atoms with van der Waals surface area (Å²) in [6.45, 7) is 1.13. The highest BCUT2D eigenvalue weighted by atomic mass is 19.1. The number of nitrogens with one attached hydrogen (secondary N) is 1. The van der Waals surface area contributed by atoms with E-state index in [0.29, 0.717) is 31.1 Å². The van der Waals surface area contributed by atoms with E-state index in [1.54, 1.807) is 17.0 Å². The van der Waals surface area contributed by atoms with E-state index in [1.807, 2.05) is 0 Å². The van der Waals surface area contributed by atoms with Crippen LogP contribution in [0.5, 0.6) is 5.75 Å². The van der Waals surface area contributed by atoms with Crippen LogP contribution in [0.1, 0.15) is 50.0 Å². The van der Waals surface area contributed by atoms with Crippen molar-refractivity contribution in [3.8, 4) is 5.75 Å². The summed E-state index contributed by atoms with van der Waals surface area (Å²) in [7, 11) is 0. The Balaban J connectivity index is 1.47. The number of fused-ring (bicyclic) bond motifs is 5. The van der Waals surface area contributed by atoms with E-state index < -0.39 is 5.54 Å². The van der Waals surface area contributed by atoms with E-state index in [1.165, 1.54) is 6.07 Å². The minimum Gasteiger partial charge on any atom is -0.483 e. The molecule has 4 heterocycles. The summed E-state index contributed by atoms with van der Waals surface area (Å²) < 4.78 is 32.5. The summed E-state index contributed by atoms with van der Waals surface area (Å²) in [4.78, 5) is 27.2. The second-order valence-corrected chi connectivity index (χ2v) is 9.15. The number of rotatable bonds is 0. The fraction of sp³-hybridized carbons (Fsp3) is 0.652. The zero-order chi connectivity index (χ0) is 21.4. The Morgan fingerprint density at radius 3 is 2.77 bits per heavy atom. The molecule has 2 amide bonds. The first-order valence-corrected chi connectivity index (χ1v) is 11.3. The van der Waals surface area contributed by atoms with Gasteiger partial charge in [0.2, 0.25) is 5.91 Å². The number of amides is 2. The number of nitrogens with zero attached hydrogens (tertiary/aromatic N) is 1. The molecular formula is C23H29FN2O5. The number of halogens is 1. The fourth-order valence-electron chi connectivity index (χ4n) is 5.73. The van der Waals surface area contributed by atoms with Crippen molar-refractivity contribution < 1.29 is 28.2 Å². The van der Waals surface area contributed by atoms with Gasteiger partial charge in [0.25, 0.3) is 5.91 Å². The normalized spacial score (nSPS) is 34.0. The van der Waals surface area contributed by atoms with Gasteiger partial charge in [-0.1, -0.05) is 6.07 Å². The Labute approximate surface area is 181 Å². The van der Waals surface area contributed by atoms with Crippen molar-refractivity contribution in [2.75, 3.05) is 33.0 Å². The van der Waals surface area contributed by atoms with Crippen molar-refractivity contribution >= 4 is 11.8 Å². The van der Waals surface area contributed by atoms with Crippen LogP contribution in [0.4, 0.5) is 4.39 Å². The van der Waals surface area contributed by atoms with Gasteiger partial charge >= 0.3 is 0 Å². The van der Waals surface area contributed by atoms with E-state index >= 15 is 0 Å². The second kappa shape index (κ2) is 8.39. The van der Waals surface area contributed by atoms with Crippen molar-refractivity contribution in [3.63, 3.8) is 0 Å². The van der Waals surface area contributed by atoms with Gasteiger partial charge in [0.15, 0.2) is 6.61 Å². The van der Waals surface area contributed by atoms with Crippen LogP contribution in [0.3, 0.4) is 0 Å². The van der Waals surface area contributed by atoms with E-state index in [2.05, 4.69) is 5.32 Å². The number of ether oxygens (including phenoxy) is 3. The van der Waals surface area contributed by atoms with Gasteiger partial charge < -0.3 is 24.4 Å². The van der Waals surface area contributed by atoms with Gasteiger partial charge in [0, 0.05) is 12.1 Å². The maximum atomic E-state index is 14.7. The van der Waals surface area contributed by atoms with Crippen LogP contribution in [0.25, 0.3) is 0 Å². The van der Waals surface area contributed by atoms with Crippen LogP contribution in [-0.4, -0.2) is 67.4 Å². The van der Waals surface area contributed by atoms with E-state index in [4.69, 9.17) is 14.2 Å². The minimum atomic E-state index is -0.648. The summed E-state index contributed by atoms with van der Waals surface area (Å²) in [6, 6.07) is 4.50. The third-order valence-corrected chi connectivity index (χ3v) is 7.27. The Hall–Kier alpha value is -2.19. The lowest BCUT2D eigenvalue weighted by molar-refractivity contribution is -0.156. The lowest BCUT2D eigenvalue weighted by atomic mass is 9.80. The van der Waals surface area contributed by atoms with Gasteiger partial charge in [0.05, 0.1) is 30.9 Å². The van der Waals surface area contributed by atoms with Crippen LogP contribution in [0.2, 0.25) is 0 Å². The maximum Gasteiger partial charge on any atom is 0.260 e. The van der Waals surface area contributed by atoms with Gasteiger partial charge in [-0.2, -0.15) is 0 Å². The molecule has 3 fully saturated rings. The summed E-state index contributed by atoms with van der Waals surface area (Å²) in [6.07, 6.45) is 4.83. The number of piperidine rings is 1. The molecule has 8 heteroatoms. The highest BCUT2D eigenvalue weighted by Gasteiger charge is 2.49. The van der Waals surface area contributed by atoms with E-state index in [0.717, 1.165) is 38.5 Å². The van der Waals surface area contributed by atoms with Crippen LogP contribution < -0.4 is 10.1 Å². The Kier molecular flexibility index (Phi) is 5.60. The predicted octanol–water partition coefficient (Wildman–Crippen LogP) is 2.14. The lowest BCUT2D eigenvalue weighted by Crippen LogP contribution is -2.72. The summed E-state index contributed by atoms with van der Waals surface area (Å²) in [5, 5.41) is 3.11. The van der Waals surface area contributed by atoms with E-state index in [-0.39, 0.29) is 48.9 Å². The Bertz CT molecular complexity index is 852. The Morgan fingerprint density at radius 2 is 1.97 bits per heavy atom. The summed E-state index contributed by atoms with van der Waals surface area (Å²) in [5.41, 5.74) is -0.0717. The second-order valence-electron chi connectivity index (χ2n) is 9.15. The molecule has 31 heavy (non-hydrogen) atoms. The number of carbonyl (C=O) groups excluding carboxylic acids is 2. The number of morpholine rings is 1. The van der Waals surface area contributed by atoms with Crippen molar-refractivity contribution in [2.45, 2.75) is 62.1 Å². The van der Waals surface area contributed by atoms with E-state index in [9.17, 15) is 14.0 Å². The predicted molar refractivity (Wildman–Crippen MR) is 109 cm³/mol. The molecule has 4 aliphatic heterocycles. The van der Waals surface area contributed by atoms with Gasteiger partial charge in [-0.25, -0.2) is 4.39 Å². The Morgan fingerprint density at radius 1 is 1.13 bits per heavy atom. The summed E-state index contributed by atoms with van der Waals surface area (Å²) in [5.74, 6) is -0.110. The average molecular weight is 432 g/mol. The SMILES string of the molecule is O=C1COC[C@]2(CCCN3C(=O)COc4cccc(F)c4[C@H]4CC[C@H](CC4)OC[C@@H]32)N1. The number of hydrogen-bond donors (Lipinski definition) is 1. The third-order valence-electron chi connectivity index (χ3n) is 7.27. The zero-order valence-electron chi connectivity index (χ0n) is 17.6. The average Bonchev–Trinajstić information content (AvgIpc) is 2.78. The van der Waals surface area contributed by atoms with Crippen molar-refractivity contribution in [2.24, 2.45) is 0 Å². The maximum absolute atomic E-state index is 14.7. The van der Waals surface area contributed by atoms with Crippen molar-refractivity contribution in [1.29, 1.82) is 0 Å². The molecule has 2 bridgehead atoms. The molecule has 1 aliphatic carbocycles. The molecule has 1 aromatic rings. The molecule has 0 radical (unpaired) electrons.